The summed E-state index contributed by atoms with van der Waals surface area (Å²) in [6.07, 6.45) is 2.37. The molecule has 1 aliphatic heterocycles. The molecular formula is C10H21NOSeSi. The number of aliphatic hydroxyl groups is 1. The van der Waals surface area contributed by atoms with Crippen molar-refractivity contribution in [1.29, 1.82) is 0 Å². The summed E-state index contributed by atoms with van der Waals surface area (Å²) in [5.41, 5.74) is 0. The first kappa shape index (κ1) is 12.4. The van der Waals surface area contributed by atoms with Crippen LogP contribution in [0, 0.1) is 0 Å². The zero-order valence-electron chi connectivity index (χ0n) is 9.42. The third-order valence-corrected chi connectivity index (χ3v) is 5.35. The molecule has 1 rings (SSSR count). The van der Waals surface area contributed by atoms with E-state index < -0.39 is 8.07 Å². The van der Waals surface area contributed by atoms with Gasteiger partial charge in [-0.2, -0.15) is 0 Å². The average molecular weight is 278 g/mol. The molecule has 0 saturated carbocycles. The Morgan fingerprint density at radius 3 is 2.64 bits per heavy atom. The Hall–Kier alpha value is 0.366. The van der Waals surface area contributed by atoms with Crippen LogP contribution in [0.5, 0.6) is 0 Å². The average Bonchev–Trinajstić information content (AvgIpc) is 2.47. The topological polar surface area (TPSA) is 23.5 Å². The van der Waals surface area contributed by atoms with Crippen LogP contribution in [0.15, 0.2) is 0 Å². The number of likely N-dealkylation sites (tertiary alicyclic amines) is 1. The Morgan fingerprint density at radius 2 is 2.14 bits per heavy atom. The van der Waals surface area contributed by atoms with Gasteiger partial charge in [-0.1, -0.05) is 0 Å². The molecule has 1 N–H and O–H groups in total. The van der Waals surface area contributed by atoms with Gasteiger partial charge in [0, 0.05) is 0 Å². The first-order valence-electron chi connectivity index (χ1n) is 5.34. The van der Waals surface area contributed by atoms with Crippen molar-refractivity contribution < 1.29 is 5.11 Å². The van der Waals surface area contributed by atoms with Gasteiger partial charge in [0.2, 0.25) is 0 Å². The molecule has 1 aliphatic rings. The molecule has 0 bridgehead atoms. The summed E-state index contributed by atoms with van der Waals surface area (Å²) in [6.45, 7) is 8.58. The van der Waals surface area contributed by atoms with Crippen LogP contribution in [0.3, 0.4) is 0 Å². The van der Waals surface area contributed by atoms with Crippen molar-refractivity contribution in [2.45, 2.75) is 44.6 Å². The van der Waals surface area contributed by atoms with Gasteiger partial charge in [0.05, 0.1) is 0 Å². The molecule has 82 valence electrons. The maximum atomic E-state index is 9.23. The van der Waals surface area contributed by atoms with Crippen molar-refractivity contribution in [3.8, 4) is 0 Å². The van der Waals surface area contributed by atoms with Crippen molar-refractivity contribution >= 4 is 28.2 Å². The Labute approximate surface area is 96.1 Å². The van der Waals surface area contributed by atoms with E-state index in [1.54, 1.807) is 0 Å². The van der Waals surface area contributed by atoms with E-state index in [2.05, 4.69) is 40.1 Å². The summed E-state index contributed by atoms with van der Waals surface area (Å²) in [7, 11) is -1.02. The third kappa shape index (κ3) is 3.50. The minimum atomic E-state index is -1.02. The molecule has 1 saturated heterocycles. The molecule has 0 radical (unpaired) electrons. The van der Waals surface area contributed by atoms with Gasteiger partial charge < -0.3 is 0 Å². The first-order chi connectivity index (χ1) is 6.44. The number of hydrogen-bond donors (Lipinski definition) is 1. The summed E-state index contributed by atoms with van der Waals surface area (Å²) >= 11 is 3.21. The maximum absolute atomic E-state index is 9.23. The van der Waals surface area contributed by atoms with Gasteiger partial charge in [0.15, 0.2) is 0 Å². The monoisotopic (exact) mass is 279 g/mol. The molecule has 0 amide bonds. The number of hydrogen-bond acceptors (Lipinski definition) is 2. The second-order valence-corrected chi connectivity index (χ2v) is 11.8. The van der Waals surface area contributed by atoms with Crippen molar-refractivity contribution in [1.82, 2.24) is 4.90 Å². The summed E-state index contributed by atoms with van der Waals surface area (Å²) in [5, 5.41) is 9.23. The molecule has 1 fully saturated rings. The summed E-state index contributed by atoms with van der Waals surface area (Å²) in [4.78, 5) is 2.37. The summed E-state index contributed by atoms with van der Waals surface area (Å²) in [5.74, 6) is 0. The minimum absolute atomic E-state index is 0.302. The van der Waals surface area contributed by atoms with Crippen molar-refractivity contribution in [3.05, 3.63) is 0 Å². The van der Waals surface area contributed by atoms with E-state index >= 15 is 0 Å². The van der Waals surface area contributed by atoms with Gasteiger partial charge >= 0.3 is 95.9 Å². The molecule has 0 aromatic rings. The second-order valence-electron chi connectivity index (χ2n) is 5.30. The Bertz CT molecular complexity index is 215. The molecular weight excluding hydrogens is 257 g/mol. The van der Waals surface area contributed by atoms with Gasteiger partial charge in [-0.15, -0.1) is 0 Å². The van der Waals surface area contributed by atoms with Crippen LogP contribution in [-0.2, 0) is 0 Å². The van der Waals surface area contributed by atoms with Crippen LogP contribution < -0.4 is 0 Å². The molecule has 2 nitrogen and oxygen atoms in total. The van der Waals surface area contributed by atoms with Gasteiger partial charge in [0.25, 0.3) is 0 Å². The Kier molecular flexibility index (Phi) is 4.38. The van der Waals surface area contributed by atoms with Gasteiger partial charge in [-0.05, 0) is 0 Å². The van der Waals surface area contributed by atoms with Crippen molar-refractivity contribution in [2.75, 3.05) is 13.2 Å². The molecule has 1 atom stereocenters. The van der Waals surface area contributed by atoms with E-state index in [4.69, 9.17) is 0 Å². The van der Waals surface area contributed by atoms with Crippen molar-refractivity contribution in [2.24, 2.45) is 0 Å². The third-order valence-electron chi connectivity index (χ3n) is 2.59. The molecule has 1 heterocycles. The van der Waals surface area contributed by atoms with Crippen LogP contribution in [0.1, 0.15) is 12.8 Å². The predicted molar refractivity (Wildman–Crippen MR) is 65.7 cm³/mol. The van der Waals surface area contributed by atoms with Crippen LogP contribution in [0.25, 0.3) is 0 Å². The quantitative estimate of drug-likeness (QED) is 0.778. The molecule has 4 heteroatoms. The van der Waals surface area contributed by atoms with E-state index in [0.29, 0.717) is 12.6 Å². The molecule has 14 heavy (non-hydrogen) atoms. The van der Waals surface area contributed by atoms with E-state index in [0.717, 1.165) is 13.0 Å². The van der Waals surface area contributed by atoms with Crippen LogP contribution in [0.4, 0.5) is 0 Å². The fraction of sp³-hybridized carbons (Fsp3) is 0.900. The first-order valence-corrected chi connectivity index (χ1v) is 9.91. The van der Waals surface area contributed by atoms with Crippen LogP contribution in [0.2, 0.25) is 25.7 Å². The molecule has 0 spiro atoms. The standard InChI is InChI=1S/C10H21NOSeSi/c1-14(2,3)8-10(13)11-6-4-5-9(11)7-12/h9,12H,4-8H2,1-3H3. The van der Waals surface area contributed by atoms with E-state index in [-0.39, 0.29) is 0 Å². The zero-order chi connectivity index (χ0) is 10.8. The van der Waals surface area contributed by atoms with Crippen molar-refractivity contribution in [3.63, 3.8) is 0 Å². The van der Waals surface area contributed by atoms with Gasteiger partial charge in [-0.3, -0.25) is 0 Å². The normalized spacial score (nSPS) is 22.9. The van der Waals surface area contributed by atoms with Gasteiger partial charge in [-0.25, -0.2) is 0 Å². The SMILES string of the molecule is C[Si](C)(C)CC(=[Se])N1CCCC1CO. The van der Waals surface area contributed by atoms with E-state index in [9.17, 15) is 5.11 Å². The summed E-state index contributed by atoms with van der Waals surface area (Å²) < 4.78 is 1.38. The molecule has 1 unspecified atom stereocenters. The fourth-order valence-corrected chi connectivity index (χ4v) is 6.25. The molecule has 0 aromatic heterocycles. The number of nitrogens with zero attached hydrogens (tertiary/aromatic N) is 1. The zero-order valence-corrected chi connectivity index (χ0v) is 12.1. The fourth-order valence-electron chi connectivity index (χ4n) is 1.91. The Morgan fingerprint density at radius 1 is 1.50 bits per heavy atom. The van der Waals surface area contributed by atoms with Crippen LogP contribution in [-0.4, -0.2) is 57.4 Å². The number of rotatable bonds is 4. The van der Waals surface area contributed by atoms with Gasteiger partial charge in [0.1, 0.15) is 0 Å². The Balaban J connectivity index is 2.52. The number of aliphatic hydroxyl groups excluding tert-OH is 1. The molecule has 0 aromatic carbocycles. The van der Waals surface area contributed by atoms with E-state index in [1.807, 2.05) is 0 Å². The molecule has 0 aliphatic carbocycles. The van der Waals surface area contributed by atoms with E-state index in [1.165, 1.54) is 17.0 Å². The predicted octanol–water partition coefficient (Wildman–Crippen LogP) is 1.08. The second kappa shape index (κ2) is 4.93. The summed E-state index contributed by atoms with van der Waals surface area (Å²) in [6, 6.07) is 1.59. The van der Waals surface area contributed by atoms with Crippen LogP contribution >= 0.6 is 0 Å².